The number of methoxy groups -OCH3 is 2. The van der Waals surface area contributed by atoms with E-state index >= 15 is 0 Å². The Hall–Kier alpha value is -4.37. The van der Waals surface area contributed by atoms with Gasteiger partial charge in [-0.05, 0) is 6.07 Å². The van der Waals surface area contributed by atoms with Gasteiger partial charge in [-0.3, -0.25) is 0 Å². The normalized spacial score (nSPS) is 17.3. The summed E-state index contributed by atoms with van der Waals surface area (Å²) in [7, 11) is 2.79. The van der Waals surface area contributed by atoms with Crippen molar-refractivity contribution in [1.29, 1.82) is 0 Å². The third-order valence-corrected chi connectivity index (χ3v) is 5.50. The Morgan fingerprint density at radius 2 is 1.84 bits per heavy atom. The van der Waals surface area contributed by atoms with Crippen molar-refractivity contribution in [1.82, 2.24) is 34.5 Å². The van der Waals surface area contributed by atoms with Crippen LogP contribution in [0.1, 0.15) is 5.69 Å². The van der Waals surface area contributed by atoms with Gasteiger partial charge < -0.3 is 19.1 Å². The van der Waals surface area contributed by atoms with E-state index in [2.05, 4.69) is 30.0 Å². The van der Waals surface area contributed by atoms with Crippen molar-refractivity contribution >= 4 is 11.3 Å². The van der Waals surface area contributed by atoms with E-state index in [4.69, 9.17) is 14.2 Å². The number of rotatable bonds is 6. The summed E-state index contributed by atoms with van der Waals surface area (Å²) in [5.41, 5.74) is 0.0175. The first-order valence-electron chi connectivity index (χ1n) is 10.6. The molecule has 0 radical (unpaired) electrons. The molecule has 11 nitrogen and oxygen atoms in total. The third kappa shape index (κ3) is 4.61. The van der Waals surface area contributed by atoms with Crippen LogP contribution in [-0.2, 0) is 6.18 Å². The molecule has 0 amide bonds. The van der Waals surface area contributed by atoms with E-state index < -0.39 is 36.3 Å². The highest BCUT2D eigenvalue weighted by atomic mass is 19.4. The van der Waals surface area contributed by atoms with Crippen molar-refractivity contribution in [3.63, 3.8) is 0 Å². The Morgan fingerprint density at radius 3 is 2.51 bits per heavy atom. The van der Waals surface area contributed by atoms with E-state index in [1.165, 1.54) is 42.1 Å². The van der Waals surface area contributed by atoms with Crippen LogP contribution in [0.25, 0.3) is 16.9 Å². The number of alkyl halides is 5. The molecule has 194 valence electrons. The number of hydrogen-bond acceptors (Lipinski definition) is 10. The van der Waals surface area contributed by atoms with Crippen LogP contribution in [0.15, 0.2) is 37.1 Å². The minimum atomic E-state index is -4.72. The molecule has 4 aromatic heterocycles. The van der Waals surface area contributed by atoms with Crippen molar-refractivity contribution in [2.45, 2.75) is 18.2 Å². The van der Waals surface area contributed by atoms with Gasteiger partial charge in [0.1, 0.15) is 5.69 Å². The second-order valence-corrected chi connectivity index (χ2v) is 7.88. The molecule has 0 aliphatic carbocycles. The molecule has 0 unspecified atom stereocenters. The van der Waals surface area contributed by atoms with Gasteiger partial charge in [-0.1, -0.05) is 0 Å². The van der Waals surface area contributed by atoms with Crippen molar-refractivity contribution in [3.8, 4) is 29.0 Å². The molecule has 0 bridgehead atoms. The standard InChI is InChI=1S/C21H17F5N8O3/c1-35-18-11(6-30-19(31-18)36-2)12-5-13(17-27-3-4-34(17)32-12)33-9-15(20(22,23)10-33)37-16-8-28-14(7-29-16)21(24,25)26/h3-8,15H,9-10H2,1-2H3/t15-/m0/s1. The largest absolute Gasteiger partial charge is 0.480 e. The molecule has 0 N–H and O–H groups in total. The monoisotopic (exact) mass is 524 g/mol. The summed E-state index contributed by atoms with van der Waals surface area (Å²) >= 11 is 0. The van der Waals surface area contributed by atoms with E-state index in [1.807, 2.05) is 0 Å². The second kappa shape index (κ2) is 8.94. The molecule has 5 heterocycles. The van der Waals surface area contributed by atoms with Crippen LogP contribution in [-0.4, -0.2) is 73.9 Å². The topological polar surface area (TPSA) is 113 Å². The Bertz CT molecular complexity index is 1430. The van der Waals surface area contributed by atoms with Crippen LogP contribution in [0.3, 0.4) is 0 Å². The van der Waals surface area contributed by atoms with E-state index in [9.17, 15) is 22.0 Å². The third-order valence-electron chi connectivity index (χ3n) is 5.50. The van der Waals surface area contributed by atoms with Gasteiger partial charge in [0, 0.05) is 18.6 Å². The number of halogens is 5. The lowest BCUT2D eigenvalue weighted by molar-refractivity contribution is -0.141. The predicted molar refractivity (Wildman–Crippen MR) is 116 cm³/mol. The maximum Gasteiger partial charge on any atom is 0.434 e. The molecule has 1 aliphatic heterocycles. The summed E-state index contributed by atoms with van der Waals surface area (Å²) in [4.78, 5) is 20.4. The van der Waals surface area contributed by atoms with Crippen molar-refractivity contribution in [3.05, 3.63) is 42.7 Å². The van der Waals surface area contributed by atoms with Gasteiger partial charge in [0.25, 0.3) is 0 Å². The first-order chi connectivity index (χ1) is 17.6. The SMILES string of the molecule is COc1ncc(-c2cc(N3C[C@H](Oc4cnc(C(F)(F)F)cn4)C(F)(F)C3)c3nccn3n2)c(OC)n1. The lowest BCUT2D eigenvalue weighted by Crippen LogP contribution is -2.36. The van der Waals surface area contributed by atoms with E-state index in [-0.39, 0.29) is 18.4 Å². The van der Waals surface area contributed by atoms with Gasteiger partial charge in [0.15, 0.2) is 17.4 Å². The van der Waals surface area contributed by atoms with Gasteiger partial charge in [0.2, 0.25) is 11.8 Å². The van der Waals surface area contributed by atoms with E-state index in [0.29, 0.717) is 35.0 Å². The first-order valence-corrected chi connectivity index (χ1v) is 10.6. The number of ether oxygens (including phenoxy) is 3. The maximum atomic E-state index is 15.0. The second-order valence-electron chi connectivity index (χ2n) is 7.88. The number of hydrogen-bond donors (Lipinski definition) is 0. The molecular weight excluding hydrogens is 507 g/mol. The van der Waals surface area contributed by atoms with Gasteiger partial charge in [-0.25, -0.2) is 33.2 Å². The Morgan fingerprint density at radius 1 is 1.03 bits per heavy atom. The molecule has 1 atom stereocenters. The number of aromatic nitrogens is 7. The zero-order valence-electron chi connectivity index (χ0n) is 19.1. The highest BCUT2D eigenvalue weighted by molar-refractivity contribution is 5.76. The lowest BCUT2D eigenvalue weighted by Gasteiger charge is -2.19. The van der Waals surface area contributed by atoms with E-state index in [0.717, 1.165) is 0 Å². The van der Waals surface area contributed by atoms with Crippen LogP contribution in [0.2, 0.25) is 0 Å². The average Bonchev–Trinajstić information content (AvgIpc) is 3.46. The molecule has 0 saturated carbocycles. The van der Waals surface area contributed by atoms with E-state index in [1.54, 1.807) is 6.20 Å². The van der Waals surface area contributed by atoms with Crippen molar-refractivity contribution in [2.75, 3.05) is 32.2 Å². The summed E-state index contributed by atoms with van der Waals surface area (Å²) in [6, 6.07) is 1.60. The predicted octanol–water partition coefficient (Wildman–Crippen LogP) is 2.92. The van der Waals surface area contributed by atoms with Gasteiger partial charge in [0.05, 0.1) is 51.0 Å². The van der Waals surface area contributed by atoms with Gasteiger partial charge in [-0.15, -0.1) is 0 Å². The molecule has 16 heteroatoms. The van der Waals surface area contributed by atoms with Crippen LogP contribution in [0, 0.1) is 0 Å². The van der Waals surface area contributed by atoms with Crippen molar-refractivity contribution < 1.29 is 36.2 Å². The molecule has 1 fully saturated rings. The first kappa shape index (κ1) is 24.3. The molecule has 4 aromatic rings. The van der Waals surface area contributed by atoms with Gasteiger partial charge in [-0.2, -0.15) is 23.3 Å². The Kier molecular flexibility index (Phi) is 5.88. The highest BCUT2D eigenvalue weighted by Gasteiger charge is 2.51. The zero-order chi connectivity index (χ0) is 26.4. The molecule has 1 saturated heterocycles. The summed E-state index contributed by atoms with van der Waals surface area (Å²) < 4.78 is 85.1. The molecule has 1 aliphatic rings. The molecule has 0 aromatic carbocycles. The summed E-state index contributed by atoms with van der Waals surface area (Å²) in [6.07, 6.45) is -0.929. The lowest BCUT2D eigenvalue weighted by atomic mass is 10.2. The minimum Gasteiger partial charge on any atom is -0.480 e. The Labute approximate surface area is 204 Å². The molecular formula is C21H17F5N8O3. The van der Waals surface area contributed by atoms with Crippen LogP contribution >= 0.6 is 0 Å². The highest BCUT2D eigenvalue weighted by Crippen LogP contribution is 2.37. The number of nitrogens with zero attached hydrogens (tertiary/aromatic N) is 8. The smallest absolute Gasteiger partial charge is 0.434 e. The Balaban J connectivity index is 1.47. The summed E-state index contributed by atoms with van der Waals surface area (Å²) in [5, 5.41) is 4.45. The van der Waals surface area contributed by atoms with Crippen LogP contribution in [0.5, 0.6) is 17.8 Å². The van der Waals surface area contributed by atoms with Crippen LogP contribution < -0.4 is 19.1 Å². The van der Waals surface area contributed by atoms with Crippen LogP contribution in [0.4, 0.5) is 27.6 Å². The quantitative estimate of drug-likeness (QED) is 0.349. The number of fused-ring (bicyclic) bond motifs is 1. The van der Waals surface area contributed by atoms with Crippen molar-refractivity contribution in [2.24, 2.45) is 0 Å². The van der Waals surface area contributed by atoms with Gasteiger partial charge >= 0.3 is 18.1 Å². The molecule has 37 heavy (non-hydrogen) atoms. The molecule has 5 rings (SSSR count). The fraction of sp³-hybridized carbons (Fsp3) is 0.333. The maximum absolute atomic E-state index is 15.0. The number of anilines is 1. The zero-order valence-corrected chi connectivity index (χ0v) is 19.1. The molecule has 0 spiro atoms. The fourth-order valence-electron chi connectivity index (χ4n) is 3.78. The average molecular weight is 524 g/mol. The number of imidazole rings is 1. The summed E-state index contributed by atoms with van der Waals surface area (Å²) in [6.45, 7) is -1.08. The fourth-order valence-corrected chi connectivity index (χ4v) is 3.78. The minimum absolute atomic E-state index is 0.0649. The summed E-state index contributed by atoms with van der Waals surface area (Å²) in [5.74, 6) is -3.68.